The van der Waals surface area contributed by atoms with Crippen LogP contribution in [0.25, 0.3) is 0 Å². The van der Waals surface area contributed by atoms with E-state index in [-0.39, 0.29) is 24.5 Å². The summed E-state index contributed by atoms with van der Waals surface area (Å²) >= 11 is 0. The van der Waals surface area contributed by atoms with Crippen molar-refractivity contribution in [1.29, 1.82) is 0 Å². The standard InChI is InChI=1S/C15H19NO3/c1-11(12-7-5-4-6-8-12)16-13(9-14(18)19-16)15(2,3)10-17/h4-8,10-11,13H,9H2,1-3H3/t11-,13-/m0/s1. The van der Waals surface area contributed by atoms with Crippen molar-refractivity contribution in [1.82, 2.24) is 5.06 Å². The zero-order chi connectivity index (χ0) is 14.0. The average molecular weight is 261 g/mol. The summed E-state index contributed by atoms with van der Waals surface area (Å²) in [4.78, 5) is 28.1. The SMILES string of the molecule is C[C@@H](c1ccccc1)N1OC(=O)C[C@H]1C(C)(C)C=O. The Balaban J connectivity index is 2.27. The lowest BCUT2D eigenvalue weighted by Crippen LogP contribution is -2.42. The van der Waals surface area contributed by atoms with Crippen molar-refractivity contribution in [3.05, 3.63) is 35.9 Å². The first kappa shape index (κ1) is 13.7. The van der Waals surface area contributed by atoms with Crippen molar-refractivity contribution in [2.75, 3.05) is 0 Å². The minimum atomic E-state index is -0.616. The van der Waals surface area contributed by atoms with Gasteiger partial charge in [-0.2, -0.15) is 0 Å². The molecule has 0 radical (unpaired) electrons. The molecule has 102 valence electrons. The lowest BCUT2D eigenvalue weighted by molar-refractivity contribution is -0.193. The molecular weight excluding hydrogens is 242 g/mol. The van der Waals surface area contributed by atoms with Crippen LogP contribution in [-0.4, -0.2) is 23.4 Å². The zero-order valence-corrected chi connectivity index (χ0v) is 11.5. The molecule has 2 rings (SSSR count). The van der Waals surface area contributed by atoms with E-state index >= 15 is 0 Å². The van der Waals surface area contributed by atoms with Crippen molar-refractivity contribution >= 4 is 12.3 Å². The van der Waals surface area contributed by atoms with E-state index in [4.69, 9.17) is 4.84 Å². The molecule has 0 N–H and O–H groups in total. The number of carbonyl (C=O) groups excluding carboxylic acids is 2. The molecule has 1 aliphatic rings. The van der Waals surface area contributed by atoms with Crippen LogP contribution >= 0.6 is 0 Å². The van der Waals surface area contributed by atoms with Gasteiger partial charge in [-0.1, -0.05) is 44.2 Å². The summed E-state index contributed by atoms with van der Waals surface area (Å²) in [5.74, 6) is -0.275. The van der Waals surface area contributed by atoms with Gasteiger partial charge in [0.05, 0.1) is 18.5 Å². The molecule has 1 aliphatic heterocycles. The van der Waals surface area contributed by atoms with Gasteiger partial charge in [0, 0.05) is 5.41 Å². The molecule has 0 aromatic heterocycles. The first-order chi connectivity index (χ1) is 8.95. The van der Waals surface area contributed by atoms with Gasteiger partial charge in [-0.15, -0.1) is 5.06 Å². The van der Waals surface area contributed by atoms with E-state index in [1.165, 1.54) is 0 Å². The zero-order valence-electron chi connectivity index (χ0n) is 11.5. The van der Waals surface area contributed by atoms with Gasteiger partial charge in [0.25, 0.3) is 0 Å². The maximum absolute atomic E-state index is 11.6. The molecule has 1 aromatic carbocycles. The van der Waals surface area contributed by atoms with E-state index in [0.29, 0.717) is 0 Å². The number of carbonyl (C=O) groups is 2. The number of hydrogen-bond donors (Lipinski definition) is 0. The van der Waals surface area contributed by atoms with Crippen LogP contribution in [0.4, 0.5) is 0 Å². The number of hydrogen-bond acceptors (Lipinski definition) is 4. The molecule has 1 aromatic rings. The maximum Gasteiger partial charge on any atom is 0.326 e. The Labute approximate surface area is 113 Å². The van der Waals surface area contributed by atoms with Crippen LogP contribution in [0.1, 0.15) is 38.8 Å². The van der Waals surface area contributed by atoms with Crippen LogP contribution in [-0.2, 0) is 14.4 Å². The quantitative estimate of drug-likeness (QED) is 0.781. The van der Waals surface area contributed by atoms with Gasteiger partial charge in [0.2, 0.25) is 0 Å². The summed E-state index contributed by atoms with van der Waals surface area (Å²) in [6.07, 6.45) is 1.15. The van der Waals surface area contributed by atoms with Crippen molar-refractivity contribution in [2.24, 2.45) is 5.41 Å². The number of hydroxylamine groups is 2. The van der Waals surface area contributed by atoms with Crippen LogP contribution in [0.2, 0.25) is 0 Å². The summed E-state index contributed by atoms with van der Waals surface area (Å²) in [7, 11) is 0. The van der Waals surface area contributed by atoms with Crippen LogP contribution in [0.15, 0.2) is 30.3 Å². The number of aldehydes is 1. The van der Waals surface area contributed by atoms with Crippen LogP contribution in [0, 0.1) is 5.41 Å². The monoisotopic (exact) mass is 261 g/mol. The number of rotatable bonds is 4. The minimum Gasteiger partial charge on any atom is -0.367 e. The fourth-order valence-electron chi connectivity index (χ4n) is 2.36. The predicted octanol–water partition coefficient (Wildman–Crippen LogP) is 2.51. The second kappa shape index (κ2) is 5.13. The highest BCUT2D eigenvalue weighted by Gasteiger charge is 2.45. The number of nitrogens with zero attached hydrogens (tertiary/aromatic N) is 1. The summed E-state index contributed by atoms with van der Waals surface area (Å²) in [6.45, 7) is 5.64. The first-order valence-corrected chi connectivity index (χ1v) is 6.46. The van der Waals surface area contributed by atoms with Crippen LogP contribution < -0.4 is 0 Å². The Morgan fingerprint density at radius 2 is 2.00 bits per heavy atom. The van der Waals surface area contributed by atoms with E-state index in [1.807, 2.05) is 51.1 Å². The molecule has 0 aliphatic carbocycles. The molecule has 0 unspecified atom stereocenters. The molecule has 0 amide bonds. The smallest absolute Gasteiger partial charge is 0.326 e. The Bertz CT molecular complexity index is 470. The topological polar surface area (TPSA) is 46.6 Å². The molecule has 1 heterocycles. The lowest BCUT2D eigenvalue weighted by Gasteiger charge is -2.34. The van der Waals surface area contributed by atoms with Crippen LogP contribution in [0.3, 0.4) is 0 Å². The second-order valence-electron chi connectivity index (χ2n) is 5.57. The molecule has 4 nitrogen and oxygen atoms in total. The first-order valence-electron chi connectivity index (χ1n) is 6.46. The molecular formula is C15H19NO3. The lowest BCUT2D eigenvalue weighted by atomic mass is 9.83. The van der Waals surface area contributed by atoms with Gasteiger partial charge in [-0.05, 0) is 12.5 Å². The third kappa shape index (κ3) is 2.68. The van der Waals surface area contributed by atoms with E-state index < -0.39 is 5.41 Å². The Morgan fingerprint density at radius 3 is 2.58 bits per heavy atom. The van der Waals surface area contributed by atoms with Gasteiger partial charge in [-0.3, -0.25) is 4.79 Å². The fourth-order valence-corrected chi connectivity index (χ4v) is 2.36. The molecule has 0 spiro atoms. The predicted molar refractivity (Wildman–Crippen MR) is 71.0 cm³/mol. The van der Waals surface area contributed by atoms with Gasteiger partial charge in [0.15, 0.2) is 0 Å². The molecule has 1 fully saturated rings. The largest absolute Gasteiger partial charge is 0.367 e. The second-order valence-corrected chi connectivity index (χ2v) is 5.57. The average Bonchev–Trinajstić information content (AvgIpc) is 2.82. The maximum atomic E-state index is 11.6. The molecule has 2 atom stereocenters. The van der Waals surface area contributed by atoms with E-state index in [0.717, 1.165) is 11.8 Å². The summed E-state index contributed by atoms with van der Waals surface area (Å²) in [5.41, 5.74) is 0.443. The fraction of sp³-hybridized carbons (Fsp3) is 0.467. The molecule has 4 heteroatoms. The van der Waals surface area contributed by atoms with Gasteiger partial charge >= 0.3 is 5.97 Å². The molecule has 0 saturated carbocycles. The summed E-state index contributed by atoms with van der Waals surface area (Å²) < 4.78 is 0. The van der Waals surface area contributed by atoms with E-state index in [1.54, 1.807) is 5.06 Å². The van der Waals surface area contributed by atoms with E-state index in [2.05, 4.69) is 0 Å². The highest BCUT2D eigenvalue weighted by atomic mass is 16.7. The van der Waals surface area contributed by atoms with Gasteiger partial charge in [-0.25, -0.2) is 0 Å². The summed E-state index contributed by atoms with van der Waals surface area (Å²) in [6, 6.07) is 9.51. The van der Waals surface area contributed by atoms with Crippen molar-refractivity contribution in [2.45, 2.75) is 39.3 Å². The highest BCUT2D eigenvalue weighted by Crippen LogP contribution is 2.36. The Hall–Kier alpha value is -1.68. The molecule has 0 bridgehead atoms. The summed E-state index contributed by atoms with van der Waals surface area (Å²) in [5, 5.41) is 1.66. The Kier molecular flexibility index (Phi) is 3.71. The highest BCUT2D eigenvalue weighted by molar-refractivity contribution is 5.73. The third-order valence-corrected chi connectivity index (χ3v) is 3.70. The third-order valence-electron chi connectivity index (χ3n) is 3.70. The van der Waals surface area contributed by atoms with E-state index in [9.17, 15) is 9.59 Å². The van der Waals surface area contributed by atoms with Crippen LogP contribution in [0.5, 0.6) is 0 Å². The Morgan fingerprint density at radius 1 is 1.37 bits per heavy atom. The minimum absolute atomic E-state index is 0.0723. The normalized spacial score (nSPS) is 22.1. The van der Waals surface area contributed by atoms with Crippen molar-refractivity contribution < 1.29 is 14.4 Å². The van der Waals surface area contributed by atoms with Gasteiger partial charge < -0.3 is 9.63 Å². The van der Waals surface area contributed by atoms with Crippen molar-refractivity contribution in [3.63, 3.8) is 0 Å². The molecule has 19 heavy (non-hydrogen) atoms. The molecule has 1 saturated heterocycles. The number of benzene rings is 1. The van der Waals surface area contributed by atoms with Crippen molar-refractivity contribution in [3.8, 4) is 0 Å². The van der Waals surface area contributed by atoms with Gasteiger partial charge in [0.1, 0.15) is 6.29 Å².